The minimum atomic E-state index is 0.0449. The first-order valence-corrected chi connectivity index (χ1v) is 7.70. The number of carbonyl (C=O) groups is 1. The minimum absolute atomic E-state index is 0.0449. The molecule has 1 aliphatic carbocycles. The second-order valence-electron chi connectivity index (χ2n) is 5.93. The van der Waals surface area contributed by atoms with Crippen LogP contribution < -0.4 is 16.0 Å². The van der Waals surface area contributed by atoms with Crippen LogP contribution in [0.5, 0.6) is 0 Å². The molecule has 0 saturated heterocycles. The molecule has 0 spiro atoms. The Kier molecular flexibility index (Phi) is 3.81. The Bertz CT molecular complexity index is 494. The number of nitrogens with two attached hydrogens (primary N) is 1. The summed E-state index contributed by atoms with van der Waals surface area (Å²) in [6.07, 6.45) is 8.04. The van der Waals surface area contributed by atoms with E-state index in [0.29, 0.717) is 6.04 Å². The molecule has 1 aromatic carbocycles. The van der Waals surface area contributed by atoms with Crippen LogP contribution in [-0.2, 0) is 6.42 Å². The van der Waals surface area contributed by atoms with E-state index in [0.717, 1.165) is 43.6 Å². The first kappa shape index (κ1) is 13.3. The summed E-state index contributed by atoms with van der Waals surface area (Å²) in [6, 6.07) is 6.28. The number of urea groups is 1. The molecule has 0 radical (unpaired) electrons. The van der Waals surface area contributed by atoms with Gasteiger partial charge in [-0.2, -0.15) is 0 Å². The summed E-state index contributed by atoms with van der Waals surface area (Å²) in [7, 11) is 0. The van der Waals surface area contributed by atoms with Gasteiger partial charge in [-0.1, -0.05) is 25.3 Å². The van der Waals surface area contributed by atoms with Crippen molar-refractivity contribution in [3.05, 3.63) is 23.8 Å². The van der Waals surface area contributed by atoms with Crippen LogP contribution in [0.2, 0.25) is 0 Å². The molecule has 0 bridgehead atoms. The highest BCUT2D eigenvalue weighted by Crippen LogP contribution is 2.29. The van der Waals surface area contributed by atoms with Crippen LogP contribution in [0.15, 0.2) is 18.2 Å². The van der Waals surface area contributed by atoms with Gasteiger partial charge in [-0.05, 0) is 43.4 Å². The number of fused-ring (bicyclic) bond motifs is 1. The van der Waals surface area contributed by atoms with E-state index >= 15 is 0 Å². The second kappa shape index (κ2) is 5.73. The van der Waals surface area contributed by atoms with Gasteiger partial charge < -0.3 is 11.1 Å². The lowest BCUT2D eigenvalue weighted by Gasteiger charge is -2.32. The van der Waals surface area contributed by atoms with Gasteiger partial charge in [0, 0.05) is 18.3 Å². The van der Waals surface area contributed by atoms with Crippen LogP contribution in [-0.4, -0.2) is 18.6 Å². The molecule has 4 heteroatoms. The van der Waals surface area contributed by atoms with E-state index in [1.54, 1.807) is 0 Å². The van der Waals surface area contributed by atoms with Gasteiger partial charge in [0.25, 0.3) is 0 Å². The summed E-state index contributed by atoms with van der Waals surface area (Å²) in [4.78, 5) is 14.4. The van der Waals surface area contributed by atoms with E-state index in [1.807, 2.05) is 23.1 Å². The maximum atomic E-state index is 12.5. The highest BCUT2D eigenvalue weighted by Gasteiger charge is 2.25. The molecule has 1 saturated carbocycles. The number of anilines is 2. The van der Waals surface area contributed by atoms with Gasteiger partial charge in [0.2, 0.25) is 0 Å². The molecule has 1 aromatic rings. The van der Waals surface area contributed by atoms with Gasteiger partial charge in [-0.15, -0.1) is 0 Å². The Labute approximate surface area is 120 Å². The SMILES string of the molecule is Nc1ccc2c(c1)N(C(=O)NC1CCCCC1)CCC2. The Morgan fingerprint density at radius 3 is 2.80 bits per heavy atom. The maximum Gasteiger partial charge on any atom is 0.322 e. The van der Waals surface area contributed by atoms with E-state index in [1.165, 1.54) is 24.8 Å². The van der Waals surface area contributed by atoms with Crippen molar-refractivity contribution < 1.29 is 4.79 Å². The van der Waals surface area contributed by atoms with Crippen LogP contribution in [0.4, 0.5) is 16.2 Å². The lowest BCUT2D eigenvalue weighted by Crippen LogP contribution is -2.47. The summed E-state index contributed by atoms with van der Waals surface area (Å²) < 4.78 is 0. The maximum absolute atomic E-state index is 12.5. The molecule has 0 atom stereocenters. The van der Waals surface area contributed by atoms with Crippen molar-refractivity contribution in [3.63, 3.8) is 0 Å². The Hall–Kier alpha value is -1.71. The van der Waals surface area contributed by atoms with E-state index in [4.69, 9.17) is 5.73 Å². The Morgan fingerprint density at radius 2 is 2.00 bits per heavy atom. The number of nitrogens with zero attached hydrogens (tertiary/aromatic N) is 1. The van der Waals surface area contributed by atoms with Gasteiger partial charge in [-0.3, -0.25) is 4.90 Å². The van der Waals surface area contributed by atoms with Crippen molar-refractivity contribution in [2.45, 2.75) is 51.0 Å². The Balaban J connectivity index is 1.74. The van der Waals surface area contributed by atoms with Crippen molar-refractivity contribution in [1.29, 1.82) is 0 Å². The summed E-state index contributed by atoms with van der Waals surface area (Å²) in [5, 5.41) is 3.20. The number of amides is 2. The van der Waals surface area contributed by atoms with Gasteiger partial charge in [0.05, 0.1) is 5.69 Å². The molecule has 4 nitrogen and oxygen atoms in total. The molecule has 1 heterocycles. The third kappa shape index (κ3) is 2.74. The molecular weight excluding hydrogens is 250 g/mol. The van der Waals surface area contributed by atoms with Crippen molar-refractivity contribution in [3.8, 4) is 0 Å². The molecule has 3 N–H and O–H groups in total. The molecule has 0 aromatic heterocycles. The predicted molar refractivity (Wildman–Crippen MR) is 81.9 cm³/mol. The van der Waals surface area contributed by atoms with Gasteiger partial charge in [-0.25, -0.2) is 4.79 Å². The zero-order valence-electron chi connectivity index (χ0n) is 11.9. The fourth-order valence-corrected chi connectivity index (χ4v) is 3.30. The number of carbonyl (C=O) groups excluding carboxylic acids is 1. The first-order valence-electron chi connectivity index (χ1n) is 7.70. The summed E-state index contributed by atoms with van der Waals surface area (Å²) in [5.74, 6) is 0. The molecule has 3 rings (SSSR count). The van der Waals surface area contributed by atoms with Crippen LogP contribution in [0.25, 0.3) is 0 Å². The topological polar surface area (TPSA) is 58.4 Å². The van der Waals surface area contributed by atoms with Crippen LogP contribution in [0.1, 0.15) is 44.1 Å². The number of nitrogens with one attached hydrogen (secondary N) is 1. The normalized spacial score (nSPS) is 19.5. The highest BCUT2D eigenvalue weighted by atomic mass is 16.2. The van der Waals surface area contributed by atoms with Crippen molar-refractivity contribution in [2.75, 3.05) is 17.2 Å². The average Bonchev–Trinajstić information content (AvgIpc) is 2.47. The van der Waals surface area contributed by atoms with E-state index < -0.39 is 0 Å². The predicted octanol–water partition coefficient (Wildman–Crippen LogP) is 3.06. The zero-order chi connectivity index (χ0) is 13.9. The van der Waals surface area contributed by atoms with E-state index in [-0.39, 0.29) is 6.03 Å². The van der Waals surface area contributed by atoms with Gasteiger partial charge in [0.1, 0.15) is 0 Å². The summed E-state index contributed by atoms with van der Waals surface area (Å²) in [5.41, 5.74) is 8.81. The number of nitrogen functional groups attached to an aromatic ring is 1. The minimum Gasteiger partial charge on any atom is -0.399 e. The van der Waals surface area contributed by atoms with Crippen molar-refractivity contribution >= 4 is 17.4 Å². The molecular formula is C16H23N3O. The van der Waals surface area contributed by atoms with Crippen LogP contribution in [0.3, 0.4) is 0 Å². The molecule has 108 valence electrons. The molecule has 1 fully saturated rings. The highest BCUT2D eigenvalue weighted by molar-refractivity contribution is 5.94. The zero-order valence-corrected chi connectivity index (χ0v) is 11.9. The number of hydrogen-bond donors (Lipinski definition) is 2. The van der Waals surface area contributed by atoms with Crippen LogP contribution >= 0.6 is 0 Å². The average molecular weight is 273 g/mol. The second-order valence-corrected chi connectivity index (χ2v) is 5.93. The standard InChI is InChI=1S/C16H23N3O/c17-13-9-8-12-5-4-10-19(15(12)11-13)16(20)18-14-6-2-1-3-7-14/h8-9,11,14H,1-7,10,17H2,(H,18,20). The lowest BCUT2D eigenvalue weighted by atomic mass is 9.95. The van der Waals surface area contributed by atoms with Gasteiger partial charge in [0.15, 0.2) is 0 Å². The number of rotatable bonds is 1. The lowest BCUT2D eigenvalue weighted by molar-refractivity contribution is 0.237. The first-order chi connectivity index (χ1) is 9.74. The van der Waals surface area contributed by atoms with E-state index in [9.17, 15) is 4.79 Å². The smallest absolute Gasteiger partial charge is 0.322 e. The third-order valence-electron chi connectivity index (χ3n) is 4.41. The molecule has 2 amide bonds. The Morgan fingerprint density at radius 1 is 1.20 bits per heavy atom. The molecule has 0 unspecified atom stereocenters. The number of hydrogen-bond acceptors (Lipinski definition) is 2. The van der Waals surface area contributed by atoms with Crippen LogP contribution in [0, 0.1) is 0 Å². The van der Waals surface area contributed by atoms with Crippen molar-refractivity contribution in [2.24, 2.45) is 0 Å². The summed E-state index contributed by atoms with van der Waals surface area (Å²) >= 11 is 0. The molecule has 20 heavy (non-hydrogen) atoms. The quantitative estimate of drug-likeness (QED) is 0.773. The molecule has 2 aliphatic rings. The summed E-state index contributed by atoms with van der Waals surface area (Å²) in [6.45, 7) is 0.787. The number of benzene rings is 1. The van der Waals surface area contributed by atoms with Crippen molar-refractivity contribution in [1.82, 2.24) is 5.32 Å². The monoisotopic (exact) mass is 273 g/mol. The number of aryl methyl sites for hydroxylation is 1. The third-order valence-corrected chi connectivity index (χ3v) is 4.41. The fraction of sp³-hybridized carbons (Fsp3) is 0.562. The van der Waals surface area contributed by atoms with Gasteiger partial charge >= 0.3 is 6.03 Å². The molecule has 1 aliphatic heterocycles. The largest absolute Gasteiger partial charge is 0.399 e. The van der Waals surface area contributed by atoms with E-state index in [2.05, 4.69) is 5.32 Å². The fourth-order valence-electron chi connectivity index (χ4n) is 3.30.